The lowest BCUT2D eigenvalue weighted by Crippen LogP contribution is -2.36. The SMILES string of the molecule is O=C(O)[C@@H](CCn1c(=O)oc2ccccc2c1=O)Oc1ccc(-c2ccc(Cl)cc2)cc1. The van der Waals surface area contributed by atoms with E-state index in [2.05, 4.69) is 0 Å². The van der Waals surface area contributed by atoms with Crippen molar-refractivity contribution in [3.05, 3.63) is 98.7 Å². The number of hydrogen-bond donors (Lipinski definition) is 1. The summed E-state index contributed by atoms with van der Waals surface area (Å²) in [7, 11) is 0. The number of rotatable bonds is 7. The zero-order chi connectivity index (χ0) is 22.7. The molecule has 1 atom stereocenters. The van der Waals surface area contributed by atoms with E-state index in [0.29, 0.717) is 10.8 Å². The first-order chi connectivity index (χ1) is 15.4. The van der Waals surface area contributed by atoms with Crippen molar-refractivity contribution < 1.29 is 19.1 Å². The first-order valence-corrected chi connectivity index (χ1v) is 10.2. The van der Waals surface area contributed by atoms with Crippen LogP contribution in [0.25, 0.3) is 22.1 Å². The molecule has 0 spiro atoms. The predicted molar refractivity (Wildman–Crippen MR) is 120 cm³/mol. The van der Waals surface area contributed by atoms with E-state index in [9.17, 15) is 19.5 Å². The average Bonchev–Trinajstić information content (AvgIpc) is 2.79. The maximum Gasteiger partial charge on any atom is 0.422 e. The second kappa shape index (κ2) is 9.11. The monoisotopic (exact) mass is 451 g/mol. The average molecular weight is 452 g/mol. The Bertz CT molecular complexity index is 1370. The maximum absolute atomic E-state index is 12.6. The molecular formula is C24H18ClNO6. The minimum Gasteiger partial charge on any atom is -0.479 e. The largest absolute Gasteiger partial charge is 0.479 e. The number of hydrogen-bond acceptors (Lipinski definition) is 5. The first-order valence-electron chi connectivity index (χ1n) is 9.80. The number of nitrogens with zero attached hydrogens (tertiary/aromatic N) is 1. The van der Waals surface area contributed by atoms with E-state index < -0.39 is 23.4 Å². The molecule has 0 saturated carbocycles. The van der Waals surface area contributed by atoms with Gasteiger partial charge in [0.1, 0.15) is 11.3 Å². The van der Waals surface area contributed by atoms with E-state index in [4.69, 9.17) is 20.8 Å². The summed E-state index contributed by atoms with van der Waals surface area (Å²) in [4.78, 5) is 36.5. The summed E-state index contributed by atoms with van der Waals surface area (Å²) in [6.45, 7) is -0.161. The van der Waals surface area contributed by atoms with Gasteiger partial charge in [0.05, 0.1) is 5.39 Å². The van der Waals surface area contributed by atoms with Crippen molar-refractivity contribution in [2.75, 3.05) is 0 Å². The fourth-order valence-corrected chi connectivity index (χ4v) is 3.44. The Morgan fingerprint density at radius 1 is 0.969 bits per heavy atom. The Morgan fingerprint density at radius 2 is 1.59 bits per heavy atom. The van der Waals surface area contributed by atoms with Crippen LogP contribution in [0.2, 0.25) is 5.02 Å². The minimum atomic E-state index is -1.26. The van der Waals surface area contributed by atoms with Crippen LogP contribution in [0.3, 0.4) is 0 Å². The Balaban J connectivity index is 1.50. The number of para-hydroxylation sites is 1. The van der Waals surface area contributed by atoms with Gasteiger partial charge in [-0.2, -0.15) is 0 Å². The molecule has 1 N–H and O–H groups in total. The molecule has 0 fully saturated rings. The second-order valence-electron chi connectivity index (χ2n) is 7.09. The van der Waals surface area contributed by atoms with Crippen LogP contribution in [0.4, 0.5) is 0 Å². The van der Waals surface area contributed by atoms with Crippen molar-refractivity contribution >= 4 is 28.5 Å². The van der Waals surface area contributed by atoms with Crippen molar-refractivity contribution in [1.82, 2.24) is 4.57 Å². The van der Waals surface area contributed by atoms with Crippen LogP contribution < -0.4 is 16.1 Å². The van der Waals surface area contributed by atoms with Gasteiger partial charge < -0.3 is 14.3 Å². The highest BCUT2D eigenvalue weighted by Gasteiger charge is 2.21. The molecule has 0 bridgehead atoms. The molecule has 4 rings (SSSR count). The zero-order valence-corrected chi connectivity index (χ0v) is 17.5. The fraction of sp³-hybridized carbons (Fsp3) is 0.125. The van der Waals surface area contributed by atoms with Crippen LogP contribution in [0.5, 0.6) is 5.75 Å². The number of carbonyl (C=O) groups is 1. The molecule has 3 aromatic carbocycles. The summed E-state index contributed by atoms with van der Waals surface area (Å²) in [5.41, 5.74) is 1.53. The third-order valence-corrected chi connectivity index (χ3v) is 5.23. The summed E-state index contributed by atoms with van der Waals surface area (Å²) in [6.07, 6.45) is -1.36. The predicted octanol–water partition coefficient (Wildman–Crippen LogP) is 4.20. The molecular weight excluding hydrogens is 434 g/mol. The van der Waals surface area contributed by atoms with E-state index in [1.54, 1.807) is 54.6 Å². The van der Waals surface area contributed by atoms with Crippen molar-refractivity contribution in [2.24, 2.45) is 0 Å². The van der Waals surface area contributed by atoms with Gasteiger partial charge in [0, 0.05) is 18.0 Å². The molecule has 32 heavy (non-hydrogen) atoms. The van der Waals surface area contributed by atoms with Gasteiger partial charge in [-0.15, -0.1) is 0 Å². The van der Waals surface area contributed by atoms with Crippen molar-refractivity contribution in [3.63, 3.8) is 0 Å². The van der Waals surface area contributed by atoms with E-state index >= 15 is 0 Å². The van der Waals surface area contributed by atoms with Gasteiger partial charge in [0.15, 0.2) is 6.10 Å². The lowest BCUT2D eigenvalue weighted by atomic mass is 10.1. The highest BCUT2D eigenvalue weighted by atomic mass is 35.5. The van der Waals surface area contributed by atoms with Crippen LogP contribution in [0.15, 0.2) is 86.8 Å². The summed E-state index contributed by atoms with van der Waals surface area (Å²) >= 11 is 5.91. The Labute approximate surface area is 187 Å². The van der Waals surface area contributed by atoms with Gasteiger partial charge in [0.2, 0.25) is 0 Å². The van der Waals surface area contributed by atoms with Gasteiger partial charge in [-0.3, -0.25) is 4.79 Å². The van der Waals surface area contributed by atoms with Gasteiger partial charge >= 0.3 is 11.7 Å². The smallest absolute Gasteiger partial charge is 0.422 e. The summed E-state index contributed by atoms with van der Waals surface area (Å²) in [5, 5.41) is 10.4. The maximum atomic E-state index is 12.6. The lowest BCUT2D eigenvalue weighted by molar-refractivity contribution is -0.145. The van der Waals surface area contributed by atoms with E-state index in [0.717, 1.165) is 15.7 Å². The molecule has 0 aliphatic rings. The normalized spacial score (nSPS) is 11.9. The topological polar surface area (TPSA) is 98.7 Å². The fourth-order valence-electron chi connectivity index (χ4n) is 3.31. The molecule has 0 amide bonds. The molecule has 0 unspecified atom stereocenters. The Hall–Kier alpha value is -3.84. The van der Waals surface area contributed by atoms with Gasteiger partial charge in [-0.05, 0) is 47.5 Å². The second-order valence-corrected chi connectivity index (χ2v) is 7.52. The van der Waals surface area contributed by atoms with Crippen LogP contribution in [0.1, 0.15) is 6.42 Å². The highest BCUT2D eigenvalue weighted by Crippen LogP contribution is 2.24. The highest BCUT2D eigenvalue weighted by molar-refractivity contribution is 6.30. The Morgan fingerprint density at radius 3 is 2.25 bits per heavy atom. The summed E-state index contributed by atoms with van der Waals surface area (Å²) < 4.78 is 11.6. The number of ether oxygens (including phenoxy) is 1. The minimum absolute atomic E-state index is 0.0999. The molecule has 162 valence electrons. The lowest BCUT2D eigenvalue weighted by Gasteiger charge is -2.16. The number of aromatic nitrogens is 1. The number of halogens is 1. The van der Waals surface area contributed by atoms with Crippen molar-refractivity contribution in [2.45, 2.75) is 19.1 Å². The molecule has 4 aromatic rings. The van der Waals surface area contributed by atoms with E-state index in [-0.39, 0.29) is 23.9 Å². The van der Waals surface area contributed by atoms with Gasteiger partial charge in [-0.1, -0.05) is 48.0 Å². The van der Waals surface area contributed by atoms with E-state index in [1.165, 1.54) is 6.07 Å². The molecule has 0 saturated heterocycles. The molecule has 0 aliphatic carbocycles. The van der Waals surface area contributed by atoms with Crippen LogP contribution in [-0.4, -0.2) is 21.7 Å². The molecule has 7 nitrogen and oxygen atoms in total. The van der Waals surface area contributed by atoms with Gasteiger partial charge in [0.25, 0.3) is 5.56 Å². The Kier molecular flexibility index (Phi) is 6.09. The molecule has 1 aromatic heterocycles. The zero-order valence-electron chi connectivity index (χ0n) is 16.7. The number of carboxylic acids is 1. The number of aliphatic carboxylic acids is 1. The first kappa shape index (κ1) is 21.4. The number of fused-ring (bicyclic) bond motifs is 1. The van der Waals surface area contributed by atoms with Crippen LogP contribution >= 0.6 is 11.6 Å². The standard InChI is InChI=1S/C24H18ClNO6/c25-17-9-5-15(6-10-17)16-7-11-18(12-8-16)31-21(23(28)29)13-14-26-22(27)19-3-1-2-4-20(19)32-24(26)30/h1-12,21H,13-14H2,(H,28,29)/t21-/m1/s1. The van der Waals surface area contributed by atoms with E-state index in [1.807, 2.05) is 12.1 Å². The molecule has 0 aliphatic heterocycles. The van der Waals surface area contributed by atoms with Crippen molar-refractivity contribution in [3.8, 4) is 16.9 Å². The van der Waals surface area contributed by atoms with Crippen molar-refractivity contribution in [1.29, 1.82) is 0 Å². The van der Waals surface area contributed by atoms with Gasteiger partial charge in [-0.25, -0.2) is 14.2 Å². The van der Waals surface area contributed by atoms with Crippen LogP contribution in [0, 0.1) is 0 Å². The molecule has 0 radical (unpaired) electrons. The number of carboxylic acid groups (broad SMARTS) is 1. The third-order valence-electron chi connectivity index (χ3n) is 4.98. The molecule has 1 heterocycles. The summed E-state index contributed by atoms with van der Waals surface area (Å²) in [5.74, 6) is -1.69. The number of benzene rings is 3. The quantitative estimate of drug-likeness (QED) is 0.452. The van der Waals surface area contributed by atoms with Crippen LogP contribution in [-0.2, 0) is 11.3 Å². The molecule has 8 heteroatoms. The third kappa shape index (κ3) is 4.58. The summed E-state index contributed by atoms with van der Waals surface area (Å²) in [6, 6.07) is 20.7.